The van der Waals surface area contributed by atoms with E-state index in [2.05, 4.69) is 74.2 Å². The van der Waals surface area contributed by atoms with Crippen LogP contribution < -0.4 is 0 Å². The standard InChI is InChI=1S/C23H16/c1-14-10-12-20-21-13-11-15(2)17-8-5-9-19(23(17)21)18-7-4-3-6-16(14)22(18)20/h3,5-6,8-13,18H,1-2H3. The number of hydrogen-bond donors (Lipinski definition) is 0. The van der Waals surface area contributed by atoms with E-state index in [1.54, 1.807) is 0 Å². The van der Waals surface area contributed by atoms with Crippen molar-refractivity contribution in [2.24, 2.45) is 0 Å². The minimum absolute atomic E-state index is 0.174. The first-order valence-corrected chi connectivity index (χ1v) is 8.09. The molecule has 0 nitrogen and oxygen atoms in total. The van der Waals surface area contributed by atoms with Gasteiger partial charge in [-0.05, 0) is 75.7 Å². The molecule has 1 unspecified atom stereocenters. The van der Waals surface area contributed by atoms with Gasteiger partial charge in [0.05, 0.1) is 5.92 Å². The molecule has 0 aromatic heterocycles. The van der Waals surface area contributed by atoms with Crippen molar-refractivity contribution in [1.29, 1.82) is 0 Å². The second-order valence-electron chi connectivity index (χ2n) is 6.51. The first-order valence-electron chi connectivity index (χ1n) is 8.09. The summed E-state index contributed by atoms with van der Waals surface area (Å²) in [5, 5.41) is 2.74. The van der Waals surface area contributed by atoms with Gasteiger partial charge in [0.1, 0.15) is 0 Å². The molecule has 23 heavy (non-hydrogen) atoms. The monoisotopic (exact) mass is 292 g/mol. The molecule has 0 heterocycles. The van der Waals surface area contributed by atoms with E-state index in [0.29, 0.717) is 0 Å². The van der Waals surface area contributed by atoms with Gasteiger partial charge in [0.15, 0.2) is 0 Å². The maximum atomic E-state index is 3.49. The van der Waals surface area contributed by atoms with Crippen LogP contribution >= 0.6 is 0 Å². The lowest BCUT2D eigenvalue weighted by Crippen LogP contribution is -2.10. The Hall–Kier alpha value is -2.78. The average molecular weight is 292 g/mol. The van der Waals surface area contributed by atoms with Crippen molar-refractivity contribution in [1.82, 2.24) is 0 Å². The molecule has 2 aliphatic carbocycles. The Morgan fingerprint density at radius 1 is 0.870 bits per heavy atom. The van der Waals surface area contributed by atoms with E-state index in [1.165, 1.54) is 49.7 Å². The second kappa shape index (κ2) is 4.37. The van der Waals surface area contributed by atoms with Crippen molar-refractivity contribution in [2.45, 2.75) is 19.8 Å². The smallest absolute Gasteiger partial charge is 0.0723 e. The van der Waals surface area contributed by atoms with Gasteiger partial charge >= 0.3 is 0 Å². The van der Waals surface area contributed by atoms with Gasteiger partial charge in [-0.1, -0.05) is 54.3 Å². The number of rotatable bonds is 0. The molecule has 0 bridgehead atoms. The summed E-state index contributed by atoms with van der Waals surface area (Å²) < 4.78 is 0. The Bertz CT molecular complexity index is 1080. The Morgan fingerprint density at radius 3 is 2.61 bits per heavy atom. The molecule has 0 saturated heterocycles. The zero-order chi connectivity index (χ0) is 15.6. The summed E-state index contributed by atoms with van der Waals surface area (Å²) in [4.78, 5) is 0. The summed E-state index contributed by atoms with van der Waals surface area (Å²) in [5.74, 6) is 6.91. The molecule has 2 aliphatic rings. The zero-order valence-electron chi connectivity index (χ0n) is 13.3. The number of benzene rings is 3. The quantitative estimate of drug-likeness (QED) is 0.473. The minimum Gasteiger partial charge on any atom is -0.0854 e. The van der Waals surface area contributed by atoms with Crippen LogP contribution in [0.5, 0.6) is 0 Å². The van der Waals surface area contributed by atoms with Crippen LogP contribution in [-0.2, 0) is 0 Å². The predicted octanol–water partition coefficient (Wildman–Crippen LogP) is 5.60. The van der Waals surface area contributed by atoms with Crippen LogP contribution in [0.4, 0.5) is 0 Å². The van der Waals surface area contributed by atoms with Crippen LogP contribution in [0.15, 0.2) is 48.5 Å². The number of allylic oxidation sites excluding steroid dienone is 1. The molecule has 0 amide bonds. The van der Waals surface area contributed by atoms with Gasteiger partial charge < -0.3 is 0 Å². The third-order valence-corrected chi connectivity index (χ3v) is 5.25. The molecular formula is C23H16. The van der Waals surface area contributed by atoms with Crippen molar-refractivity contribution in [3.63, 3.8) is 0 Å². The fraction of sp³-hybridized carbons (Fsp3) is 0.130. The summed E-state index contributed by atoms with van der Waals surface area (Å²) in [7, 11) is 0. The lowest BCUT2D eigenvalue weighted by molar-refractivity contribution is 1.06. The van der Waals surface area contributed by atoms with Gasteiger partial charge in [0.25, 0.3) is 0 Å². The van der Waals surface area contributed by atoms with E-state index >= 15 is 0 Å². The highest BCUT2D eigenvalue weighted by atomic mass is 14.3. The summed E-state index contributed by atoms with van der Waals surface area (Å²) >= 11 is 0. The van der Waals surface area contributed by atoms with Gasteiger partial charge in [0.2, 0.25) is 0 Å². The van der Waals surface area contributed by atoms with Gasteiger partial charge in [-0.25, -0.2) is 0 Å². The van der Waals surface area contributed by atoms with Crippen molar-refractivity contribution < 1.29 is 0 Å². The normalized spacial score (nSPS) is 16.5. The van der Waals surface area contributed by atoms with Crippen LogP contribution in [-0.4, -0.2) is 0 Å². The van der Waals surface area contributed by atoms with Crippen LogP contribution in [0.3, 0.4) is 0 Å². The Labute approximate surface area is 136 Å². The average Bonchev–Trinajstić information content (AvgIpc) is 2.80. The van der Waals surface area contributed by atoms with Crippen molar-refractivity contribution in [3.8, 4) is 23.0 Å². The molecule has 0 saturated carbocycles. The lowest BCUT2D eigenvalue weighted by Gasteiger charge is -2.28. The number of hydrogen-bond acceptors (Lipinski definition) is 0. The van der Waals surface area contributed by atoms with Crippen molar-refractivity contribution in [2.75, 3.05) is 0 Å². The molecule has 0 N–H and O–H groups in total. The van der Waals surface area contributed by atoms with Gasteiger partial charge in [-0.3, -0.25) is 0 Å². The summed E-state index contributed by atoms with van der Waals surface area (Å²) in [6.07, 6.45) is 4.18. The number of fused-ring (bicyclic) bond motifs is 2. The molecule has 1 atom stereocenters. The maximum Gasteiger partial charge on any atom is 0.0723 e. The van der Waals surface area contributed by atoms with Crippen LogP contribution in [0.1, 0.15) is 33.7 Å². The minimum atomic E-state index is 0.174. The Kier molecular flexibility index (Phi) is 2.42. The maximum absolute atomic E-state index is 3.49. The van der Waals surface area contributed by atoms with E-state index in [1.807, 2.05) is 6.08 Å². The Morgan fingerprint density at radius 2 is 1.70 bits per heavy atom. The topological polar surface area (TPSA) is 0 Å². The SMILES string of the molecule is Cc1ccc2c3c1C=CC#CC3c1cccc3c(C)ccc-2c13. The van der Waals surface area contributed by atoms with E-state index in [-0.39, 0.29) is 5.92 Å². The van der Waals surface area contributed by atoms with E-state index < -0.39 is 0 Å². The highest BCUT2D eigenvalue weighted by Gasteiger charge is 2.29. The van der Waals surface area contributed by atoms with E-state index in [0.717, 1.165) is 0 Å². The molecule has 0 fully saturated rings. The molecule has 108 valence electrons. The molecule has 0 heteroatoms. The van der Waals surface area contributed by atoms with Gasteiger partial charge in [-0.2, -0.15) is 0 Å². The molecular weight excluding hydrogens is 276 g/mol. The first kappa shape index (κ1) is 12.7. The first-order chi connectivity index (χ1) is 11.3. The third-order valence-electron chi connectivity index (χ3n) is 5.25. The second-order valence-corrected chi connectivity index (χ2v) is 6.51. The van der Waals surface area contributed by atoms with Gasteiger partial charge in [0, 0.05) is 0 Å². The molecule has 5 rings (SSSR count). The summed E-state index contributed by atoms with van der Waals surface area (Å²) in [6, 6.07) is 15.7. The highest BCUT2D eigenvalue weighted by Crippen LogP contribution is 2.48. The summed E-state index contributed by atoms with van der Waals surface area (Å²) in [6.45, 7) is 4.38. The Balaban J connectivity index is 2.04. The van der Waals surface area contributed by atoms with E-state index in [9.17, 15) is 0 Å². The molecule has 0 radical (unpaired) electrons. The highest BCUT2D eigenvalue weighted by molar-refractivity contribution is 6.05. The molecule has 3 aromatic rings. The van der Waals surface area contributed by atoms with E-state index in [4.69, 9.17) is 0 Å². The fourth-order valence-corrected chi connectivity index (χ4v) is 4.12. The lowest BCUT2D eigenvalue weighted by atomic mass is 9.74. The van der Waals surface area contributed by atoms with Crippen molar-refractivity contribution >= 4 is 16.8 Å². The summed E-state index contributed by atoms with van der Waals surface area (Å²) in [5.41, 5.74) is 9.42. The van der Waals surface area contributed by atoms with Crippen LogP contribution in [0.2, 0.25) is 0 Å². The fourth-order valence-electron chi connectivity index (χ4n) is 4.12. The van der Waals surface area contributed by atoms with Crippen LogP contribution in [0, 0.1) is 25.7 Å². The third kappa shape index (κ3) is 1.57. The van der Waals surface area contributed by atoms with Crippen molar-refractivity contribution in [3.05, 3.63) is 76.4 Å². The molecule has 3 aromatic carbocycles. The van der Waals surface area contributed by atoms with Gasteiger partial charge in [-0.15, -0.1) is 0 Å². The molecule has 0 spiro atoms. The predicted molar refractivity (Wildman–Crippen MR) is 97.5 cm³/mol. The zero-order valence-corrected chi connectivity index (χ0v) is 13.3. The largest absolute Gasteiger partial charge is 0.0854 e. The van der Waals surface area contributed by atoms with Crippen LogP contribution in [0.25, 0.3) is 28.0 Å². The molecule has 0 aliphatic heterocycles. The number of aryl methyl sites for hydroxylation is 2.